The number of hydrogen-bond acceptors (Lipinski definition) is 20. The molecule has 0 aliphatic carbocycles. The van der Waals surface area contributed by atoms with Crippen LogP contribution in [0.4, 0.5) is 23.3 Å². The highest BCUT2D eigenvalue weighted by Gasteiger charge is 2.17. The highest BCUT2D eigenvalue weighted by Crippen LogP contribution is 2.34. The number of anilines is 4. The molecule has 16 rings (SSSR count). The molecule has 0 saturated heterocycles. The number of halogens is 1. The summed E-state index contributed by atoms with van der Waals surface area (Å²) in [6.07, 6.45) is 29.6. The van der Waals surface area contributed by atoms with Crippen LogP contribution in [0.3, 0.4) is 0 Å². The lowest BCUT2D eigenvalue weighted by Gasteiger charge is -2.10. The number of rotatable bonds is 21. The molecule has 0 fully saturated rings. The molecule has 6 aromatic carbocycles. The van der Waals surface area contributed by atoms with Gasteiger partial charge in [-0.15, -0.1) is 0 Å². The van der Waals surface area contributed by atoms with E-state index in [0.717, 1.165) is 97.4 Å². The van der Waals surface area contributed by atoms with Gasteiger partial charge in [-0.1, -0.05) is 78.3 Å². The third-order valence-corrected chi connectivity index (χ3v) is 17.1. The molecular weight excluding hydrogens is 1360 g/mol. The summed E-state index contributed by atoms with van der Waals surface area (Å²) in [5.41, 5.74) is 15.5. The number of hydrogen-bond donors (Lipinski definition) is 7. The number of nitrogens with zero attached hydrogens (tertiary/aromatic N) is 14. The number of aromatic nitrogens is 14. The molecule has 0 unspecified atom stereocenters. The number of methoxy groups -OCH3 is 2. The Hall–Kier alpha value is -14.1. The lowest BCUT2D eigenvalue weighted by Crippen LogP contribution is -2.08. The summed E-state index contributed by atoms with van der Waals surface area (Å²) in [4.78, 5) is 66.5. The van der Waals surface area contributed by atoms with Crippen LogP contribution in [0.5, 0.6) is 23.0 Å². The van der Waals surface area contributed by atoms with Crippen LogP contribution in [-0.2, 0) is 26.1 Å². The summed E-state index contributed by atoms with van der Waals surface area (Å²) in [6, 6.07) is 49.7. The van der Waals surface area contributed by atoms with Crippen LogP contribution in [0.15, 0.2) is 263 Å². The fourth-order valence-corrected chi connectivity index (χ4v) is 11.8. The van der Waals surface area contributed by atoms with Crippen molar-refractivity contribution in [3.05, 3.63) is 301 Å². The second-order valence-corrected chi connectivity index (χ2v) is 24.3. The molecule has 26 heteroatoms. The Morgan fingerprint density at radius 1 is 0.406 bits per heavy atom. The molecule has 106 heavy (non-hydrogen) atoms. The van der Waals surface area contributed by atoms with E-state index in [9.17, 15) is 19.8 Å². The zero-order valence-electron chi connectivity index (χ0n) is 57.5. The highest BCUT2D eigenvalue weighted by molar-refractivity contribution is 6.30. The van der Waals surface area contributed by atoms with Crippen LogP contribution in [0.25, 0.3) is 67.6 Å². The Bertz CT molecular complexity index is 5700. The number of carbonyl (C=O) groups is 2. The number of aromatic carboxylic acids is 1. The van der Waals surface area contributed by atoms with Crippen LogP contribution in [-0.4, -0.2) is 115 Å². The highest BCUT2D eigenvalue weighted by atomic mass is 35.5. The van der Waals surface area contributed by atoms with Crippen molar-refractivity contribution in [2.24, 2.45) is 0 Å². The van der Waals surface area contributed by atoms with Gasteiger partial charge < -0.3 is 46.1 Å². The molecule has 0 spiro atoms. The molecule has 0 aliphatic heterocycles. The molecule has 0 radical (unpaired) electrons. The minimum Gasteiger partial charge on any atom is -0.508 e. The lowest BCUT2D eigenvalue weighted by molar-refractivity contribution is 0.0696. The number of imidazole rings is 4. The second kappa shape index (κ2) is 33.2. The van der Waals surface area contributed by atoms with Gasteiger partial charge in [0.05, 0.1) is 67.3 Å². The molecule has 0 aliphatic rings. The first-order chi connectivity index (χ1) is 51.8. The summed E-state index contributed by atoms with van der Waals surface area (Å²) >= 11 is 6.03. The molecule has 10 heterocycles. The van der Waals surface area contributed by atoms with E-state index < -0.39 is 5.97 Å². The Labute approximate surface area is 612 Å². The second-order valence-electron chi connectivity index (χ2n) is 23.8. The summed E-state index contributed by atoms with van der Waals surface area (Å²) < 4.78 is 18.6. The lowest BCUT2D eigenvalue weighted by atomic mass is 10.1. The van der Waals surface area contributed by atoms with E-state index in [-0.39, 0.29) is 22.8 Å². The van der Waals surface area contributed by atoms with Crippen LogP contribution < -0.4 is 30.7 Å². The smallest absolute Gasteiger partial charge is 0.335 e. The van der Waals surface area contributed by atoms with Crippen molar-refractivity contribution in [1.29, 1.82) is 0 Å². The summed E-state index contributed by atoms with van der Waals surface area (Å²) in [5.74, 6) is 3.64. The zero-order chi connectivity index (χ0) is 73.3. The predicted octanol–water partition coefficient (Wildman–Crippen LogP) is 14.8. The number of ether oxygens (including phenoxy) is 2. The molecule has 7 N–H and O–H groups in total. The van der Waals surface area contributed by atoms with Crippen molar-refractivity contribution < 1.29 is 34.4 Å². The van der Waals surface area contributed by atoms with Gasteiger partial charge in [-0.25, -0.2) is 44.7 Å². The molecule has 0 amide bonds. The maximum atomic E-state index is 11.7. The first-order valence-electron chi connectivity index (χ1n) is 33.4. The van der Waals surface area contributed by atoms with E-state index >= 15 is 0 Å². The van der Waals surface area contributed by atoms with Gasteiger partial charge in [0.25, 0.3) is 0 Å². The SMILES string of the molecule is CC(=O)c1cccc(-c2cnc3c(NCCc4cccnc4)nccn23)c1.COc1ccc(-c2cnc3c(NCc4ccc(C(=O)O)cc4)nccn23)cc1OC.Oc1ccc(-c2cnc3c(NCc4cccc(Cl)c4)nccn23)cc1.Oc1cccc(-c2cnc3c(NCc4cccnc4)nccn23)c1. The number of fused-ring (bicyclic) bond motifs is 4. The number of carboxylic acids is 1. The number of carboxylic acid groups (broad SMARTS) is 1. The topological polar surface area (TPSA) is 308 Å². The molecule has 25 nitrogen and oxygen atoms in total. The van der Waals surface area contributed by atoms with Gasteiger partial charge in [-0.2, -0.15) is 0 Å². The summed E-state index contributed by atoms with van der Waals surface area (Å²) in [7, 11) is 3.20. The fraction of sp³-hybridized carbons (Fsp3) is 0.100. The predicted molar refractivity (Wildman–Crippen MR) is 408 cm³/mol. The van der Waals surface area contributed by atoms with Gasteiger partial charge >= 0.3 is 5.97 Å². The Morgan fingerprint density at radius 2 is 0.868 bits per heavy atom. The number of phenolic OH excluding ortho intramolecular Hbond substituents is 2. The van der Waals surface area contributed by atoms with Crippen molar-refractivity contribution in [2.75, 3.05) is 42.0 Å². The quantitative estimate of drug-likeness (QED) is 0.0329. The van der Waals surface area contributed by atoms with Crippen LogP contribution in [0, 0.1) is 0 Å². The summed E-state index contributed by atoms with van der Waals surface area (Å²) in [5, 5.41) is 42.1. The Kier molecular flexibility index (Phi) is 22.0. The minimum absolute atomic E-state index is 0.0464. The molecule has 0 saturated carbocycles. The number of benzene rings is 6. The molecule has 10 aromatic heterocycles. The van der Waals surface area contributed by atoms with E-state index in [4.69, 9.17) is 26.2 Å². The number of phenols is 2. The van der Waals surface area contributed by atoms with E-state index in [0.29, 0.717) is 64.8 Å². The average molecular weight is 1430 g/mol. The number of ketones is 1. The zero-order valence-corrected chi connectivity index (χ0v) is 58.2. The van der Waals surface area contributed by atoms with Crippen molar-refractivity contribution in [3.8, 4) is 68.0 Å². The number of pyridine rings is 2. The van der Waals surface area contributed by atoms with Gasteiger partial charge in [-0.05, 0) is 133 Å². The molecule has 16 aromatic rings. The molecule has 0 bridgehead atoms. The van der Waals surface area contributed by atoms with Gasteiger partial charge in [0.2, 0.25) is 0 Å². The van der Waals surface area contributed by atoms with Crippen molar-refractivity contribution >= 4 is 69.2 Å². The Morgan fingerprint density at radius 3 is 1.37 bits per heavy atom. The standard InChI is InChI=1S/C22H20N4O4.C21H19N5O.C19H15ClN4O.C18H15N5O/c1-29-18-8-7-16(11-19(18)30-2)17-13-25-21-20(23-9-10-26(17)21)24-12-14-3-5-15(6-4-14)22(27)28;1-15(27)17-5-2-6-18(12-17)19-14-25-21-20(24-10-11-26(19)21)23-9-7-16-4-3-8-22-13-16;20-15-3-1-2-13(10-15)11-22-18-19-23-12-17(24(19)9-8-21-18)14-4-6-16(25)7-5-14;24-15-5-1-4-14(9-15)16-12-22-18-17(20-7-8-23(16)18)21-11-13-3-2-6-19-10-13/h3-11,13H,12H2,1-2H3,(H,23,24)(H,27,28);2-6,8,10-14H,7,9H2,1H3,(H,23,24);1-10,12,25H,11H2,(H,21,22);1-10,12,24H,11H2,(H,20,21). The van der Waals surface area contributed by atoms with Gasteiger partial charge in [0.15, 0.2) is 63.1 Å². The Balaban J connectivity index is 0.000000125. The van der Waals surface area contributed by atoms with Crippen LogP contribution in [0.1, 0.15) is 49.9 Å². The van der Waals surface area contributed by atoms with Crippen molar-refractivity contribution in [3.63, 3.8) is 0 Å². The monoisotopic (exact) mass is 1430 g/mol. The van der Waals surface area contributed by atoms with E-state index in [1.54, 1.807) is 125 Å². The van der Waals surface area contributed by atoms with E-state index in [2.05, 4.69) is 77.2 Å². The van der Waals surface area contributed by atoms with Crippen LogP contribution >= 0.6 is 11.6 Å². The van der Waals surface area contributed by atoms with Crippen molar-refractivity contribution in [1.82, 2.24) is 67.4 Å². The minimum atomic E-state index is -0.943. The fourth-order valence-electron chi connectivity index (χ4n) is 11.6. The van der Waals surface area contributed by atoms with Crippen molar-refractivity contribution in [2.45, 2.75) is 33.0 Å². The first kappa shape index (κ1) is 70.4. The largest absolute Gasteiger partial charge is 0.508 e. The molecule has 0 atom stereocenters. The molecular formula is C80H69ClN18O7. The van der Waals surface area contributed by atoms with Gasteiger partial charge in [0, 0.05) is 133 Å². The first-order valence-corrected chi connectivity index (χ1v) is 33.7. The van der Waals surface area contributed by atoms with Gasteiger partial charge in [-0.3, -0.25) is 32.4 Å². The normalized spacial score (nSPS) is 10.8. The van der Waals surface area contributed by atoms with Crippen LogP contribution in [0.2, 0.25) is 5.02 Å². The number of nitrogens with one attached hydrogen (secondary N) is 4. The number of Topliss-reactive ketones (excluding diaryl/α,β-unsaturated/α-hetero) is 1. The molecule has 528 valence electrons. The maximum absolute atomic E-state index is 11.7. The third kappa shape index (κ3) is 16.8. The third-order valence-electron chi connectivity index (χ3n) is 16.9. The van der Waals surface area contributed by atoms with E-state index in [1.165, 1.54) is 5.56 Å². The number of carbonyl (C=O) groups excluding carboxylic acids is 1. The summed E-state index contributed by atoms with van der Waals surface area (Å²) in [6.45, 7) is 4.02. The average Bonchev–Trinajstić information content (AvgIpc) is 1.66. The van der Waals surface area contributed by atoms with E-state index in [1.807, 2.05) is 170 Å². The number of aromatic hydroxyl groups is 2. The van der Waals surface area contributed by atoms with Gasteiger partial charge in [0.1, 0.15) is 11.5 Å². The maximum Gasteiger partial charge on any atom is 0.335 e.